The van der Waals surface area contributed by atoms with Crippen molar-refractivity contribution in [3.8, 4) is 0 Å². The van der Waals surface area contributed by atoms with Crippen LogP contribution in [0.3, 0.4) is 0 Å². The van der Waals surface area contributed by atoms with E-state index in [9.17, 15) is 0 Å². The molecule has 5 rings (SSSR count). The van der Waals surface area contributed by atoms with Crippen LogP contribution >= 0.6 is 0 Å². The molecule has 1 heterocycles. The summed E-state index contributed by atoms with van der Waals surface area (Å²) in [6.45, 7) is 2.24. The van der Waals surface area contributed by atoms with Gasteiger partial charge in [0.15, 0.2) is 0 Å². The monoisotopic (exact) mass is 350 g/mol. The van der Waals surface area contributed by atoms with Gasteiger partial charge in [0.25, 0.3) is 0 Å². The molecule has 0 aliphatic carbocycles. The molecule has 0 N–H and O–H groups in total. The van der Waals surface area contributed by atoms with Crippen molar-refractivity contribution in [3.05, 3.63) is 120 Å². The van der Waals surface area contributed by atoms with Crippen molar-refractivity contribution < 1.29 is 4.74 Å². The third-order valence-corrected chi connectivity index (χ3v) is 5.85. The summed E-state index contributed by atoms with van der Waals surface area (Å²) in [5.41, 5.74) is 3.11. The van der Waals surface area contributed by atoms with Crippen molar-refractivity contribution in [2.24, 2.45) is 0 Å². The van der Waals surface area contributed by atoms with Gasteiger partial charge in [-0.15, -0.1) is 0 Å². The van der Waals surface area contributed by atoms with Gasteiger partial charge in [0.1, 0.15) is 11.2 Å². The van der Waals surface area contributed by atoms with E-state index < -0.39 is 5.60 Å². The van der Waals surface area contributed by atoms with Gasteiger partial charge in [-0.1, -0.05) is 103 Å². The molecule has 1 saturated heterocycles. The Bertz CT molecular complexity index is 1040. The lowest BCUT2D eigenvalue weighted by Crippen LogP contribution is -2.25. The highest BCUT2D eigenvalue weighted by Gasteiger charge is 2.68. The molecule has 4 aromatic carbocycles. The summed E-state index contributed by atoms with van der Waals surface area (Å²) in [6, 6.07) is 36.4. The second-order valence-corrected chi connectivity index (χ2v) is 7.56. The lowest BCUT2D eigenvalue weighted by Gasteiger charge is -2.19. The summed E-state index contributed by atoms with van der Waals surface area (Å²) in [5, 5.41) is 2.59. The fraction of sp³-hybridized carbons (Fsp3) is 0.154. The Morgan fingerprint density at radius 2 is 1.19 bits per heavy atom. The first kappa shape index (κ1) is 16.3. The second kappa shape index (κ2) is 6.07. The Balaban J connectivity index is 1.61. The largest absolute Gasteiger partial charge is 0.352 e. The topological polar surface area (TPSA) is 12.5 Å². The Morgan fingerprint density at radius 1 is 0.630 bits per heavy atom. The van der Waals surface area contributed by atoms with Crippen LogP contribution in [0, 0.1) is 0 Å². The summed E-state index contributed by atoms with van der Waals surface area (Å²) in [4.78, 5) is 0. The quantitative estimate of drug-likeness (QED) is 0.404. The van der Waals surface area contributed by atoms with Crippen molar-refractivity contribution >= 4 is 10.8 Å². The second-order valence-electron chi connectivity index (χ2n) is 7.56. The molecule has 0 aromatic heterocycles. The fourth-order valence-corrected chi connectivity index (χ4v) is 4.52. The minimum Gasteiger partial charge on any atom is -0.352 e. The van der Waals surface area contributed by atoms with Gasteiger partial charge < -0.3 is 4.74 Å². The third kappa shape index (κ3) is 2.50. The molecule has 132 valence electrons. The molecule has 0 bridgehead atoms. The van der Waals surface area contributed by atoms with Crippen LogP contribution in [-0.4, -0.2) is 5.60 Å². The summed E-state index contributed by atoms with van der Waals surface area (Å²) in [6.07, 6.45) is 0.873. The zero-order valence-electron chi connectivity index (χ0n) is 15.4. The van der Waals surface area contributed by atoms with E-state index in [1.54, 1.807) is 0 Å². The minimum absolute atomic E-state index is 0.278. The van der Waals surface area contributed by atoms with E-state index in [1.807, 2.05) is 0 Å². The summed E-state index contributed by atoms with van der Waals surface area (Å²) >= 11 is 0. The molecular formula is C26H22O. The molecule has 0 spiro atoms. The molecule has 1 nitrogen and oxygen atoms in total. The van der Waals surface area contributed by atoms with Crippen LogP contribution in [0.2, 0.25) is 0 Å². The van der Waals surface area contributed by atoms with Gasteiger partial charge in [-0.05, 0) is 34.4 Å². The molecule has 1 atom stereocenters. The maximum atomic E-state index is 6.62. The fourth-order valence-electron chi connectivity index (χ4n) is 4.52. The first-order chi connectivity index (χ1) is 13.2. The van der Waals surface area contributed by atoms with Crippen molar-refractivity contribution in [1.29, 1.82) is 0 Å². The van der Waals surface area contributed by atoms with E-state index in [-0.39, 0.29) is 5.60 Å². The smallest absolute Gasteiger partial charge is 0.148 e. The van der Waals surface area contributed by atoms with Gasteiger partial charge >= 0.3 is 0 Å². The van der Waals surface area contributed by atoms with Crippen molar-refractivity contribution in [2.45, 2.75) is 24.5 Å². The SMILES string of the molecule is C[C@@]1(Cc2cccc3ccccc23)OC1(c1ccccc1)c1ccccc1. The molecule has 1 heteroatoms. The molecule has 1 aliphatic rings. The number of fused-ring (bicyclic) bond motifs is 1. The maximum Gasteiger partial charge on any atom is 0.148 e. The van der Waals surface area contributed by atoms with Gasteiger partial charge in [-0.3, -0.25) is 0 Å². The molecule has 1 fully saturated rings. The lowest BCUT2D eigenvalue weighted by molar-refractivity contribution is 0.286. The van der Waals surface area contributed by atoms with Gasteiger partial charge in [0, 0.05) is 6.42 Å². The molecule has 1 aliphatic heterocycles. The van der Waals surface area contributed by atoms with Crippen LogP contribution in [0.5, 0.6) is 0 Å². The zero-order chi connectivity index (χ0) is 18.3. The Morgan fingerprint density at radius 3 is 1.85 bits per heavy atom. The first-order valence-electron chi connectivity index (χ1n) is 9.51. The van der Waals surface area contributed by atoms with E-state index in [2.05, 4.69) is 110 Å². The van der Waals surface area contributed by atoms with Crippen molar-refractivity contribution in [1.82, 2.24) is 0 Å². The van der Waals surface area contributed by atoms with Gasteiger partial charge in [0.2, 0.25) is 0 Å². The van der Waals surface area contributed by atoms with Crippen LogP contribution in [0.1, 0.15) is 23.6 Å². The van der Waals surface area contributed by atoms with Crippen molar-refractivity contribution in [3.63, 3.8) is 0 Å². The predicted molar refractivity (Wildman–Crippen MR) is 111 cm³/mol. The molecule has 0 unspecified atom stereocenters. The number of ether oxygens (including phenoxy) is 1. The van der Waals surface area contributed by atoms with Crippen molar-refractivity contribution in [2.75, 3.05) is 0 Å². The van der Waals surface area contributed by atoms with Crippen LogP contribution < -0.4 is 0 Å². The summed E-state index contributed by atoms with van der Waals surface area (Å²) < 4.78 is 6.62. The van der Waals surface area contributed by atoms with Crippen LogP contribution in [0.25, 0.3) is 10.8 Å². The van der Waals surface area contributed by atoms with Gasteiger partial charge in [0.05, 0.1) is 0 Å². The molecule has 0 amide bonds. The maximum absolute atomic E-state index is 6.62. The summed E-state index contributed by atoms with van der Waals surface area (Å²) in [7, 11) is 0. The average molecular weight is 350 g/mol. The van der Waals surface area contributed by atoms with Crippen LogP contribution in [0.15, 0.2) is 103 Å². The van der Waals surface area contributed by atoms with E-state index >= 15 is 0 Å². The molecular weight excluding hydrogens is 328 g/mol. The molecule has 0 radical (unpaired) electrons. The Hall–Kier alpha value is -2.90. The molecule has 0 saturated carbocycles. The summed E-state index contributed by atoms with van der Waals surface area (Å²) in [5.74, 6) is 0. The standard InChI is InChI=1S/C26H22O/c1-25(19-21-13-10-12-20-11-8-9-18-24(20)21)26(27-25,22-14-4-2-5-15-22)23-16-6-3-7-17-23/h2-18H,19H2,1H3/t25-/m0/s1. The Labute approximate surface area is 160 Å². The first-order valence-corrected chi connectivity index (χ1v) is 9.51. The minimum atomic E-state index is -0.396. The Kier molecular flexibility index (Phi) is 3.66. The molecule has 27 heavy (non-hydrogen) atoms. The van der Waals surface area contributed by atoms with E-state index in [4.69, 9.17) is 4.74 Å². The average Bonchev–Trinajstić information content (AvgIpc) is 3.36. The number of benzene rings is 4. The number of hydrogen-bond acceptors (Lipinski definition) is 1. The van der Waals surface area contributed by atoms with E-state index in [0.29, 0.717) is 0 Å². The van der Waals surface area contributed by atoms with Crippen LogP contribution in [0.4, 0.5) is 0 Å². The zero-order valence-corrected chi connectivity index (χ0v) is 15.4. The lowest BCUT2D eigenvalue weighted by atomic mass is 9.78. The highest BCUT2D eigenvalue weighted by atomic mass is 16.6. The normalized spacial score (nSPS) is 20.5. The highest BCUT2D eigenvalue weighted by Crippen LogP contribution is 2.61. The van der Waals surface area contributed by atoms with E-state index in [1.165, 1.54) is 27.5 Å². The molecule has 4 aromatic rings. The van der Waals surface area contributed by atoms with Gasteiger partial charge in [-0.25, -0.2) is 0 Å². The number of hydrogen-bond donors (Lipinski definition) is 0. The van der Waals surface area contributed by atoms with E-state index in [0.717, 1.165) is 6.42 Å². The van der Waals surface area contributed by atoms with Gasteiger partial charge in [-0.2, -0.15) is 0 Å². The predicted octanol–water partition coefficient (Wildman–Crippen LogP) is 6.12. The number of epoxide rings is 1. The highest BCUT2D eigenvalue weighted by molar-refractivity contribution is 5.85. The number of rotatable bonds is 4. The van der Waals surface area contributed by atoms with Crippen LogP contribution in [-0.2, 0) is 16.8 Å². The third-order valence-electron chi connectivity index (χ3n) is 5.85.